The van der Waals surface area contributed by atoms with Crippen LogP contribution in [0.4, 0.5) is 8.78 Å². The van der Waals surface area contributed by atoms with Gasteiger partial charge in [-0.05, 0) is 41.8 Å². The Kier molecular flexibility index (Phi) is 7.20. The summed E-state index contributed by atoms with van der Waals surface area (Å²) < 4.78 is 50.8. The Morgan fingerprint density at radius 3 is 1.80 bits per heavy atom. The Morgan fingerprint density at radius 1 is 0.900 bits per heavy atom. The lowest BCUT2D eigenvalue weighted by Crippen LogP contribution is -2.51. The summed E-state index contributed by atoms with van der Waals surface area (Å²) in [5.41, 5.74) is 1.74. The summed E-state index contributed by atoms with van der Waals surface area (Å²) in [6.07, 6.45) is 0.487. The molecule has 0 aromatic heterocycles. The smallest absolute Gasteiger partial charge is 0.237 e. The van der Waals surface area contributed by atoms with Gasteiger partial charge in [0.25, 0.3) is 0 Å². The van der Waals surface area contributed by atoms with Gasteiger partial charge >= 0.3 is 0 Å². The molecule has 5 nitrogen and oxygen atoms in total. The molecular weight excluding hydrogens is 410 g/mol. The highest BCUT2D eigenvalue weighted by Gasteiger charge is 2.29. The van der Waals surface area contributed by atoms with Crippen molar-refractivity contribution < 1.29 is 22.0 Å². The van der Waals surface area contributed by atoms with Crippen molar-refractivity contribution in [3.8, 4) is 0 Å². The first-order valence-electron chi connectivity index (χ1n) is 10.0. The summed E-state index contributed by atoms with van der Waals surface area (Å²) in [5.74, 6) is -1.49. The highest BCUT2D eigenvalue weighted by atomic mass is 32.2. The minimum Gasteiger partial charge on any atom is -0.339 e. The molecular formula is C22H26F2N2O3S. The van der Waals surface area contributed by atoms with E-state index in [1.165, 1.54) is 24.3 Å². The van der Waals surface area contributed by atoms with Crippen LogP contribution in [-0.4, -0.2) is 61.8 Å². The van der Waals surface area contributed by atoms with Crippen molar-refractivity contribution in [1.82, 2.24) is 9.80 Å². The maximum Gasteiger partial charge on any atom is 0.237 e. The zero-order valence-electron chi connectivity index (χ0n) is 16.9. The second-order valence-corrected chi connectivity index (χ2v) is 9.70. The van der Waals surface area contributed by atoms with Crippen molar-refractivity contribution in [3.05, 3.63) is 71.3 Å². The Balaban J connectivity index is 1.74. The second kappa shape index (κ2) is 9.66. The van der Waals surface area contributed by atoms with Crippen LogP contribution in [0.25, 0.3) is 0 Å². The summed E-state index contributed by atoms with van der Waals surface area (Å²) >= 11 is 0. The first-order chi connectivity index (χ1) is 14.3. The molecule has 3 rings (SSSR count). The van der Waals surface area contributed by atoms with E-state index in [-0.39, 0.29) is 29.3 Å². The maximum absolute atomic E-state index is 13.4. The van der Waals surface area contributed by atoms with Crippen molar-refractivity contribution >= 4 is 15.7 Å². The standard InChI is InChI=1S/C22H26F2N2O3S/c1-2-15-30(28,29)16-21(27)25-11-13-26(14-12-25)22(17-3-7-19(23)8-4-17)18-5-9-20(24)10-6-18/h3-10,22H,2,11-16H2,1H3. The Hall–Kier alpha value is -2.32. The summed E-state index contributed by atoms with van der Waals surface area (Å²) in [5, 5.41) is 0. The zero-order valence-corrected chi connectivity index (χ0v) is 17.7. The maximum atomic E-state index is 13.4. The number of piperazine rings is 1. The first-order valence-corrected chi connectivity index (χ1v) is 11.8. The molecule has 0 spiro atoms. The summed E-state index contributed by atoms with van der Waals surface area (Å²) in [4.78, 5) is 16.1. The highest BCUT2D eigenvalue weighted by molar-refractivity contribution is 7.92. The molecule has 1 aliphatic heterocycles. The van der Waals surface area contributed by atoms with Crippen LogP contribution in [-0.2, 0) is 14.6 Å². The van der Waals surface area contributed by atoms with Crippen LogP contribution in [0, 0.1) is 11.6 Å². The van der Waals surface area contributed by atoms with Crippen LogP contribution < -0.4 is 0 Å². The second-order valence-electron chi connectivity index (χ2n) is 7.51. The van der Waals surface area contributed by atoms with Gasteiger partial charge in [0.15, 0.2) is 9.84 Å². The van der Waals surface area contributed by atoms with Gasteiger partial charge in [-0.2, -0.15) is 0 Å². The predicted octanol–water partition coefficient (Wildman–Crippen LogP) is 3.02. The topological polar surface area (TPSA) is 57.7 Å². The number of rotatable bonds is 7. The molecule has 0 bridgehead atoms. The minimum atomic E-state index is -3.38. The van der Waals surface area contributed by atoms with Crippen molar-refractivity contribution in [1.29, 1.82) is 0 Å². The van der Waals surface area contributed by atoms with Gasteiger partial charge in [-0.3, -0.25) is 9.69 Å². The van der Waals surface area contributed by atoms with Crippen LogP contribution in [0.3, 0.4) is 0 Å². The van der Waals surface area contributed by atoms with E-state index in [2.05, 4.69) is 4.90 Å². The highest BCUT2D eigenvalue weighted by Crippen LogP contribution is 2.30. The van der Waals surface area contributed by atoms with Crippen molar-refractivity contribution in [2.75, 3.05) is 37.7 Å². The third-order valence-corrected chi connectivity index (χ3v) is 6.98. The van der Waals surface area contributed by atoms with Gasteiger partial charge in [-0.15, -0.1) is 0 Å². The molecule has 1 aliphatic rings. The summed E-state index contributed by atoms with van der Waals surface area (Å²) in [6, 6.07) is 12.2. The lowest BCUT2D eigenvalue weighted by atomic mass is 9.96. The lowest BCUT2D eigenvalue weighted by Gasteiger charge is -2.39. The van der Waals surface area contributed by atoms with Gasteiger partial charge in [0, 0.05) is 26.2 Å². The fourth-order valence-corrected chi connectivity index (χ4v) is 5.12. The van der Waals surface area contributed by atoms with Crippen LogP contribution in [0.2, 0.25) is 0 Å². The SMILES string of the molecule is CCCS(=O)(=O)CC(=O)N1CCN(C(c2ccc(F)cc2)c2ccc(F)cc2)CC1. The van der Waals surface area contributed by atoms with Crippen LogP contribution in [0.5, 0.6) is 0 Å². The van der Waals surface area contributed by atoms with E-state index >= 15 is 0 Å². The van der Waals surface area contributed by atoms with E-state index in [1.54, 1.807) is 36.1 Å². The first kappa shape index (κ1) is 22.4. The molecule has 8 heteroatoms. The van der Waals surface area contributed by atoms with E-state index in [1.807, 2.05) is 0 Å². The molecule has 1 saturated heterocycles. The Labute approximate surface area is 176 Å². The van der Waals surface area contributed by atoms with Gasteiger partial charge < -0.3 is 4.90 Å². The minimum absolute atomic E-state index is 0.00983. The Bertz CT molecular complexity index is 909. The number of sulfone groups is 1. The fraction of sp³-hybridized carbons (Fsp3) is 0.409. The van der Waals surface area contributed by atoms with Gasteiger partial charge in [0.2, 0.25) is 5.91 Å². The van der Waals surface area contributed by atoms with Crippen molar-refractivity contribution in [2.45, 2.75) is 19.4 Å². The number of hydrogen-bond acceptors (Lipinski definition) is 4. The molecule has 30 heavy (non-hydrogen) atoms. The number of hydrogen-bond donors (Lipinski definition) is 0. The van der Waals surface area contributed by atoms with Crippen LogP contribution in [0.15, 0.2) is 48.5 Å². The van der Waals surface area contributed by atoms with Crippen molar-refractivity contribution in [2.24, 2.45) is 0 Å². The van der Waals surface area contributed by atoms with Gasteiger partial charge in [0.1, 0.15) is 17.4 Å². The van der Waals surface area contributed by atoms with Gasteiger partial charge in [-0.1, -0.05) is 31.2 Å². The molecule has 0 atom stereocenters. The molecule has 2 aromatic rings. The molecule has 1 fully saturated rings. The van der Waals surface area contributed by atoms with E-state index in [0.717, 1.165) is 11.1 Å². The number of carbonyl (C=O) groups is 1. The van der Waals surface area contributed by atoms with E-state index in [9.17, 15) is 22.0 Å². The van der Waals surface area contributed by atoms with Crippen LogP contribution >= 0.6 is 0 Å². The quantitative estimate of drug-likeness (QED) is 0.670. The van der Waals surface area contributed by atoms with Gasteiger partial charge in [-0.25, -0.2) is 17.2 Å². The zero-order chi connectivity index (χ0) is 21.7. The third-order valence-electron chi connectivity index (χ3n) is 5.26. The molecule has 1 amide bonds. The molecule has 162 valence electrons. The molecule has 2 aromatic carbocycles. The third kappa shape index (κ3) is 5.64. The normalized spacial score (nSPS) is 15.5. The summed E-state index contributed by atoms with van der Waals surface area (Å²) in [7, 11) is -3.38. The molecule has 0 aliphatic carbocycles. The number of nitrogens with zero attached hydrogens (tertiary/aromatic N) is 2. The molecule has 0 radical (unpaired) electrons. The molecule has 0 N–H and O–H groups in total. The molecule has 0 unspecified atom stereocenters. The van der Waals surface area contributed by atoms with E-state index in [4.69, 9.17) is 0 Å². The lowest BCUT2D eigenvalue weighted by molar-refractivity contribution is -0.130. The number of benzene rings is 2. The Morgan fingerprint density at radius 2 is 1.37 bits per heavy atom. The van der Waals surface area contributed by atoms with Crippen LogP contribution in [0.1, 0.15) is 30.5 Å². The molecule has 0 saturated carbocycles. The monoisotopic (exact) mass is 436 g/mol. The van der Waals surface area contributed by atoms with Crippen molar-refractivity contribution in [3.63, 3.8) is 0 Å². The average molecular weight is 437 g/mol. The largest absolute Gasteiger partial charge is 0.339 e. The fourth-order valence-electron chi connectivity index (χ4n) is 3.80. The number of carbonyl (C=O) groups excluding carboxylic acids is 1. The van der Waals surface area contributed by atoms with Gasteiger partial charge in [0.05, 0.1) is 11.8 Å². The van der Waals surface area contributed by atoms with E-state index < -0.39 is 15.6 Å². The van der Waals surface area contributed by atoms with E-state index in [0.29, 0.717) is 32.6 Å². The average Bonchev–Trinajstić information content (AvgIpc) is 2.71. The summed E-state index contributed by atoms with van der Waals surface area (Å²) in [6.45, 7) is 3.63. The number of amides is 1. The number of halogens is 2. The molecule has 1 heterocycles. The predicted molar refractivity (Wildman–Crippen MR) is 112 cm³/mol.